The van der Waals surface area contributed by atoms with Crippen molar-refractivity contribution >= 4 is 24.0 Å². The van der Waals surface area contributed by atoms with Gasteiger partial charge in [-0.15, -0.1) is 0 Å². The van der Waals surface area contributed by atoms with E-state index < -0.39 is 53.8 Å². The van der Waals surface area contributed by atoms with Crippen LogP contribution in [-0.4, -0.2) is 76.9 Å². The van der Waals surface area contributed by atoms with Crippen molar-refractivity contribution in [2.24, 2.45) is 11.8 Å². The molecular weight excluding hydrogens is 532 g/mol. The number of benzene rings is 1. The highest BCUT2D eigenvalue weighted by atomic mass is 17.2. The molecule has 0 spiro atoms. The van der Waals surface area contributed by atoms with Gasteiger partial charge in [0.05, 0.1) is 12.1 Å². The summed E-state index contributed by atoms with van der Waals surface area (Å²) in [4.78, 5) is 62.4. The van der Waals surface area contributed by atoms with E-state index in [2.05, 4.69) is 16.0 Å². The smallest absolute Gasteiger partial charge is 0.439 e. The lowest BCUT2D eigenvalue weighted by Gasteiger charge is -2.26. The Labute approximate surface area is 242 Å². The number of carbonyl (C=O) groups is 4. The molecule has 4 N–H and O–H groups in total. The number of aliphatic hydroxyl groups excluding tert-OH is 1. The first-order valence-corrected chi connectivity index (χ1v) is 14.0. The highest BCUT2D eigenvalue weighted by Crippen LogP contribution is 2.17. The van der Waals surface area contributed by atoms with E-state index in [4.69, 9.17) is 14.5 Å². The van der Waals surface area contributed by atoms with Gasteiger partial charge < -0.3 is 30.7 Å². The fourth-order valence-electron chi connectivity index (χ4n) is 4.24. The van der Waals surface area contributed by atoms with Gasteiger partial charge in [0.1, 0.15) is 24.3 Å². The Morgan fingerprint density at radius 2 is 1.51 bits per heavy atom. The minimum absolute atomic E-state index is 0.0302. The maximum Gasteiger partial charge on any atom is 0.439 e. The van der Waals surface area contributed by atoms with Crippen LogP contribution in [0, 0.1) is 11.8 Å². The Bertz CT molecular complexity index is 1010. The summed E-state index contributed by atoms with van der Waals surface area (Å²) in [5, 5.41) is 18.6. The Morgan fingerprint density at radius 3 is 2.10 bits per heavy atom. The van der Waals surface area contributed by atoms with E-state index in [1.54, 1.807) is 20.8 Å². The number of aliphatic hydroxyl groups is 1. The number of hydrogen-bond donors (Lipinski definition) is 4. The zero-order valence-corrected chi connectivity index (χ0v) is 25.1. The van der Waals surface area contributed by atoms with Crippen molar-refractivity contribution in [3.8, 4) is 0 Å². The number of ether oxygens (including phenoxy) is 1. The normalized spacial score (nSPS) is 18.5. The van der Waals surface area contributed by atoms with Crippen molar-refractivity contribution in [1.82, 2.24) is 20.9 Å². The van der Waals surface area contributed by atoms with Gasteiger partial charge in [-0.2, -0.15) is 4.89 Å². The van der Waals surface area contributed by atoms with Gasteiger partial charge in [-0.3, -0.25) is 14.5 Å². The van der Waals surface area contributed by atoms with Crippen LogP contribution in [0.4, 0.5) is 9.59 Å². The first kappa shape index (κ1) is 33.8. The lowest BCUT2D eigenvalue weighted by molar-refractivity contribution is -0.300. The SMILES string of the molecule is CC(C)C[C@H](NC(=O)OCc1ccccc1)C(=O)NC1CN(C(=O)[C@H](CC(C)C)NC(=O)OOC(C)(C)C)CC1O. The number of carbonyl (C=O) groups excluding carboxylic acids is 4. The van der Waals surface area contributed by atoms with Gasteiger partial charge >= 0.3 is 12.2 Å². The zero-order chi connectivity index (χ0) is 30.7. The Kier molecular flexibility index (Phi) is 12.8. The number of hydrogen-bond acceptors (Lipinski definition) is 8. The molecule has 0 aliphatic carbocycles. The van der Waals surface area contributed by atoms with E-state index in [0.717, 1.165) is 5.56 Å². The van der Waals surface area contributed by atoms with Crippen molar-refractivity contribution in [2.45, 2.75) is 97.7 Å². The molecule has 12 nitrogen and oxygen atoms in total. The van der Waals surface area contributed by atoms with Gasteiger partial charge in [-0.1, -0.05) is 58.0 Å². The van der Waals surface area contributed by atoms with Gasteiger partial charge in [0.2, 0.25) is 11.8 Å². The van der Waals surface area contributed by atoms with Gasteiger partial charge in [-0.25, -0.2) is 9.59 Å². The third-order valence-corrected chi connectivity index (χ3v) is 6.12. The minimum atomic E-state index is -1.04. The molecule has 2 rings (SSSR count). The number of β-amino-alcohol motifs (C(OH)–C–C–N with tert-alkyl or cyclic N) is 1. The molecule has 4 atom stereocenters. The summed E-state index contributed by atoms with van der Waals surface area (Å²) in [6.45, 7) is 12.9. The second-order valence-corrected chi connectivity index (χ2v) is 12.2. The van der Waals surface area contributed by atoms with E-state index in [1.165, 1.54) is 4.90 Å². The van der Waals surface area contributed by atoms with Gasteiger partial charge in [0, 0.05) is 13.1 Å². The molecule has 0 bridgehead atoms. The van der Waals surface area contributed by atoms with Crippen LogP contribution < -0.4 is 16.0 Å². The summed E-state index contributed by atoms with van der Waals surface area (Å²) in [6.07, 6.45) is -1.99. The molecule has 230 valence electrons. The first-order valence-electron chi connectivity index (χ1n) is 14.0. The Morgan fingerprint density at radius 1 is 0.927 bits per heavy atom. The fourth-order valence-corrected chi connectivity index (χ4v) is 4.24. The summed E-state index contributed by atoms with van der Waals surface area (Å²) >= 11 is 0. The molecule has 1 aromatic carbocycles. The van der Waals surface area contributed by atoms with Crippen LogP contribution in [0.25, 0.3) is 0 Å². The van der Waals surface area contributed by atoms with Crippen LogP contribution in [0.15, 0.2) is 30.3 Å². The van der Waals surface area contributed by atoms with E-state index in [0.29, 0.717) is 12.8 Å². The quantitative estimate of drug-likeness (QED) is 0.218. The molecule has 1 heterocycles. The number of amides is 4. The van der Waals surface area contributed by atoms with E-state index in [-0.39, 0.29) is 31.5 Å². The molecule has 1 saturated heterocycles. The molecule has 12 heteroatoms. The number of nitrogens with one attached hydrogen (secondary N) is 3. The monoisotopic (exact) mass is 578 g/mol. The molecule has 41 heavy (non-hydrogen) atoms. The molecule has 1 aliphatic heterocycles. The fraction of sp³-hybridized carbons (Fsp3) is 0.655. The van der Waals surface area contributed by atoms with E-state index >= 15 is 0 Å². The van der Waals surface area contributed by atoms with Gasteiger partial charge in [0.25, 0.3) is 0 Å². The zero-order valence-electron chi connectivity index (χ0n) is 25.1. The third-order valence-electron chi connectivity index (χ3n) is 6.12. The molecule has 1 fully saturated rings. The summed E-state index contributed by atoms with van der Waals surface area (Å²) in [5.41, 5.74) is 0.0897. The summed E-state index contributed by atoms with van der Waals surface area (Å²) < 4.78 is 5.27. The Balaban J connectivity index is 1.99. The minimum Gasteiger partial charge on any atom is -0.445 e. The molecule has 0 saturated carbocycles. The van der Waals surface area contributed by atoms with Crippen LogP contribution in [0.2, 0.25) is 0 Å². The van der Waals surface area contributed by atoms with Gasteiger partial charge in [-0.05, 0) is 51.0 Å². The lowest BCUT2D eigenvalue weighted by Crippen LogP contribution is -2.53. The summed E-state index contributed by atoms with van der Waals surface area (Å²) in [5.74, 6) is -0.756. The predicted octanol–water partition coefficient (Wildman–Crippen LogP) is 2.89. The van der Waals surface area contributed by atoms with Crippen LogP contribution in [0.1, 0.15) is 66.9 Å². The molecule has 0 radical (unpaired) electrons. The number of rotatable bonds is 12. The van der Waals surface area contributed by atoms with E-state index in [1.807, 2.05) is 58.0 Å². The topological polar surface area (TPSA) is 156 Å². The average molecular weight is 579 g/mol. The maximum absolute atomic E-state index is 13.3. The second kappa shape index (κ2) is 15.6. The lowest BCUT2D eigenvalue weighted by atomic mass is 10.0. The van der Waals surface area contributed by atoms with E-state index in [9.17, 15) is 24.3 Å². The Hall–Kier alpha value is -3.38. The van der Waals surface area contributed by atoms with Crippen LogP contribution in [0.3, 0.4) is 0 Å². The second-order valence-electron chi connectivity index (χ2n) is 12.2. The average Bonchev–Trinajstić information content (AvgIpc) is 3.24. The highest BCUT2D eigenvalue weighted by molar-refractivity contribution is 5.87. The van der Waals surface area contributed by atoms with Crippen LogP contribution >= 0.6 is 0 Å². The molecular formula is C29H46N4O8. The summed E-state index contributed by atoms with van der Waals surface area (Å²) in [7, 11) is 0. The highest BCUT2D eigenvalue weighted by Gasteiger charge is 2.39. The first-order chi connectivity index (χ1) is 19.1. The standard InChI is InChI=1S/C29H46N4O8/c1-18(2)13-21(31-27(37)39-17-20-11-9-8-10-12-20)25(35)30-23-15-33(16-24(23)34)26(36)22(14-19(3)4)32-28(38)40-41-29(5,6)7/h8-12,18-19,21-24,34H,13-17H2,1-7H3,(H,30,35)(H,31,37)(H,32,38)/t21-,22-,23?,24?/m0/s1. The number of nitrogens with zero attached hydrogens (tertiary/aromatic N) is 1. The predicted molar refractivity (Wildman–Crippen MR) is 151 cm³/mol. The summed E-state index contributed by atoms with van der Waals surface area (Å²) in [6, 6.07) is 6.59. The molecule has 0 aromatic heterocycles. The van der Waals surface area contributed by atoms with Crippen LogP contribution in [-0.2, 0) is 30.7 Å². The number of alkyl carbamates (subject to hydrolysis) is 1. The van der Waals surface area contributed by atoms with Crippen molar-refractivity contribution < 1.29 is 38.8 Å². The number of likely N-dealkylation sites (tertiary alicyclic amines) is 1. The molecule has 2 unspecified atom stereocenters. The van der Waals surface area contributed by atoms with Crippen molar-refractivity contribution in [3.05, 3.63) is 35.9 Å². The van der Waals surface area contributed by atoms with Gasteiger partial charge in [0.15, 0.2) is 0 Å². The van der Waals surface area contributed by atoms with Crippen molar-refractivity contribution in [2.75, 3.05) is 13.1 Å². The van der Waals surface area contributed by atoms with Crippen molar-refractivity contribution in [3.63, 3.8) is 0 Å². The maximum atomic E-state index is 13.3. The largest absolute Gasteiger partial charge is 0.445 e. The molecule has 1 aliphatic rings. The van der Waals surface area contributed by atoms with Crippen molar-refractivity contribution in [1.29, 1.82) is 0 Å². The third kappa shape index (κ3) is 12.3. The molecule has 1 aromatic rings. The molecule has 4 amide bonds. The van der Waals surface area contributed by atoms with Crippen LogP contribution in [0.5, 0.6) is 0 Å².